The second kappa shape index (κ2) is 7.05. The Morgan fingerprint density at radius 1 is 1.32 bits per heavy atom. The van der Waals surface area contributed by atoms with Gasteiger partial charge in [0.05, 0.1) is 6.61 Å². The Morgan fingerprint density at radius 3 is 2.84 bits per heavy atom. The molecule has 1 saturated heterocycles. The summed E-state index contributed by atoms with van der Waals surface area (Å²) in [4.78, 5) is 2.70. The first-order valence-corrected chi connectivity index (χ1v) is 8.29. The van der Waals surface area contributed by atoms with Crippen molar-refractivity contribution in [3.05, 3.63) is 0 Å². The molecule has 0 aromatic heterocycles. The first-order valence-electron chi connectivity index (χ1n) is 8.29. The zero-order valence-corrected chi connectivity index (χ0v) is 12.8. The molecule has 112 valence electrons. The first-order chi connectivity index (χ1) is 9.19. The average Bonchev–Trinajstić information content (AvgIpc) is 2.45. The zero-order chi connectivity index (χ0) is 13.7. The quantitative estimate of drug-likeness (QED) is 0.803. The minimum atomic E-state index is -0.000385. The fourth-order valence-electron chi connectivity index (χ4n) is 3.95. The second-order valence-electron chi connectivity index (χ2n) is 6.86. The third-order valence-electron chi connectivity index (χ3n) is 5.08. The SMILES string of the molecule is CCCNC1(CO)CCCC(N2CCCC(C)C2)C1. The van der Waals surface area contributed by atoms with Crippen molar-refractivity contribution in [2.75, 3.05) is 26.2 Å². The van der Waals surface area contributed by atoms with Gasteiger partial charge in [0.2, 0.25) is 0 Å². The van der Waals surface area contributed by atoms with Crippen LogP contribution >= 0.6 is 0 Å². The topological polar surface area (TPSA) is 35.5 Å². The van der Waals surface area contributed by atoms with Gasteiger partial charge in [-0.2, -0.15) is 0 Å². The normalized spacial score (nSPS) is 37.4. The summed E-state index contributed by atoms with van der Waals surface area (Å²) in [5.41, 5.74) is -0.000385. The van der Waals surface area contributed by atoms with Crippen molar-refractivity contribution in [3.8, 4) is 0 Å². The van der Waals surface area contributed by atoms with Crippen molar-refractivity contribution >= 4 is 0 Å². The molecule has 3 heteroatoms. The predicted molar refractivity (Wildman–Crippen MR) is 80.3 cm³/mol. The molecule has 1 saturated carbocycles. The largest absolute Gasteiger partial charge is 0.394 e. The van der Waals surface area contributed by atoms with Gasteiger partial charge in [-0.3, -0.25) is 0 Å². The molecule has 19 heavy (non-hydrogen) atoms. The van der Waals surface area contributed by atoms with Crippen LogP contribution in [0.15, 0.2) is 0 Å². The summed E-state index contributed by atoms with van der Waals surface area (Å²) in [6, 6.07) is 0.688. The van der Waals surface area contributed by atoms with Crippen molar-refractivity contribution in [1.29, 1.82) is 0 Å². The second-order valence-corrected chi connectivity index (χ2v) is 6.86. The molecule has 2 fully saturated rings. The van der Waals surface area contributed by atoms with Crippen LogP contribution in [0.5, 0.6) is 0 Å². The van der Waals surface area contributed by atoms with E-state index in [1.54, 1.807) is 0 Å². The summed E-state index contributed by atoms with van der Waals surface area (Å²) >= 11 is 0. The number of nitrogens with zero attached hydrogens (tertiary/aromatic N) is 1. The number of aliphatic hydroxyl groups excluding tert-OH is 1. The molecule has 0 radical (unpaired) electrons. The van der Waals surface area contributed by atoms with E-state index in [9.17, 15) is 5.11 Å². The van der Waals surface area contributed by atoms with Gasteiger partial charge in [-0.05, 0) is 64.0 Å². The number of nitrogens with one attached hydrogen (secondary N) is 1. The molecule has 0 aromatic rings. The minimum absolute atomic E-state index is 0.000385. The molecule has 2 aliphatic rings. The Labute approximate surface area is 118 Å². The summed E-state index contributed by atoms with van der Waals surface area (Å²) in [7, 11) is 0. The van der Waals surface area contributed by atoms with Gasteiger partial charge in [0, 0.05) is 18.1 Å². The maximum absolute atomic E-state index is 9.86. The maximum atomic E-state index is 9.86. The Kier molecular flexibility index (Phi) is 5.67. The van der Waals surface area contributed by atoms with Gasteiger partial charge >= 0.3 is 0 Å². The summed E-state index contributed by atoms with van der Waals surface area (Å²) < 4.78 is 0. The number of hydrogen-bond donors (Lipinski definition) is 2. The van der Waals surface area contributed by atoms with E-state index in [0.29, 0.717) is 12.6 Å². The Bertz CT molecular complexity index is 271. The minimum Gasteiger partial charge on any atom is -0.394 e. The third-order valence-corrected chi connectivity index (χ3v) is 5.08. The smallest absolute Gasteiger partial charge is 0.0613 e. The van der Waals surface area contributed by atoms with E-state index < -0.39 is 0 Å². The van der Waals surface area contributed by atoms with E-state index in [2.05, 4.69) is 24.1 Å². The van der Waals surface area contributed by atoms with E-state index in [1.807, 2.05) is 0 Å². The van der Waals surface area contributed by atoms with E-state index in [1.165, 1.54) is 38.8 Å². The van der Waals surface area contributed by atoms with E-state index >= 15 is 0 Å². The fraction of sp³-hybridized carbons (Fsp3) is 1.00. The van der Waals surface area contributed by atoms with Crippen molar-refractivity contribution in [1.82, 2.24) is 10.2 Å². The van der Waals surface area contributed by atoms with Crippen LogP contribution in [0.2, 0.25) is 0 Å². The van der Waals surface area contributed by atoms with Gasteiger partial charge in [-0.1, -0.05) is 13.8 Å². The molecule has 0 bridgehead atoms. The number of rotatable bonds is 5. The lowest BCUT2D eigenvalue weighted by atomic mass is 9.78. The van der Waals surface area contributed by atoms with E-state index in [0.717, 1.165) is 31.7 Å². The average molecular weight is 268 g/mol. The molecule has 0 amide bonds. The van der Waals surface area contributed by atoms with Gasteiger partial charge in [-0.15, -0.1) is 0 Å². The fourth-order valence-corrected chi connectivity index (χ4v) is 3.95. The molecule has 1 aliphatic carbocycles. The number of likely N-dealkylation sites (tertiary alicyclic amines) is 1. The lowest BCUT2D eigenvalue weighted by molar-refractivity contribution is 0.0409. The molecule has 3 nitrogen and oxygen atoms in total. The molecule has 1 aliphatic heterocycles. The van der Waals surface area contributed by atoms with E-state index in [-0.39, 0.29) is 5.54 Å². The molecule has 0 aromatic carbocycles. The Balaban J connectivity index is 1.94. The van der Waals surface area contributed by atoms with E-state index in [4.69, 9.17) is 0 Å². The number of piperidine rings is 1. The predicted octanol–water partition coefficient (Wildman–Crippen LogP) is 2.39. The highest BCUT2D eigenvalue weighted by Gasteiger charge is 2.38. The van der Waals surface area contributed by atoms with Crippen LogP contribution in [0.3, 0.4) is 0 Å². The third kappa shape index (κ3) is 3.93. The van der Waals surface area contributed by atoms with Crippen molar-refractivity contribution in [3.63, 3.8) is 0 Å². The van der Waals surface area contributed by atoms with Gasteiger partial charge in [0.25, 0.3) is 0 Å². The van der Waals surface area contributed by atoms with Crippen molar-refractivity contribution in [2.45, 2.75) is 70.4 Å². The summed E-state index contributed by atoms with van der Waals surface area (Å²) in [6.07, 6.45) is 8.75. The molecule has 2 rings (SSSR count). The monoisotopic (exact) mass is 268 g/mol. The number of aliphatic hydroxyl groups is 1. The maximum Gasteiger partial charge on any atom is 0.0613 e. The zero-order valence-electron chi connectivity index (χ0n) is 12.8. The van der Waals surface area contributed by atoms with Gasteiger partial charge in [0.1, 0.15) is 0 Å². The Hall–Kier alpha value is -0.120. The molecule has 3 atom stereocenters. The molecular weight excluding hydrogens is 236 g/mol. The Morgan fingerprint density at radius 2 is 2.16 bits per heavy atom. The lowest BCUT2D eigenvalue weighted by Crippen LogP contribution is -2.57. The molecule has 0 spiro atoms. The highest BCUT2D eigenvalue weighted by molar-refractivity contribution is 4.97. The van der Waals surface area contributed by atoms with Crippen LogP contribution in [-0.4, -0.2) is 47.8 Å². The van der Waals surface area contributed by atoms with Gasteiger partial charge < -0.3 is 15.3 Å². The lowest BCUT2D eigenvalue weighted by Gasteiger charge is -2.46. The van der Waals surface area contributed by atoms with Crippen LogP contribution in [0, 0.1) is 5.92 Å². The van der Waals surface area contributed by atoms with Crippen molar-refractivity contribution < 1.29 is 5.11 Å². The molecular formula is C16H32N2O. The van der Waals surface area contributed by atoms with Crippen molar-refractivity contribution in [2.24, 2.45) is 5.92 Å². The molecule has 2 N–H and O–H groups in total. The highest BCUT2D eigenvalue weighted by atomic mass is 16.3. The molecule has 3 unspecified atom stereocenters. The molecule has 1 heterocycles. The highest BCUT2D eigenvalue weighted by Crippen LogP contribution is 2.33. The van der Waals surface area contributed by atoms with Crippen LogP contribution in [0.1, 0.15) is 58.8 Å². The summed E-state index contributed by atoms with van der Waals surface area (Å²) in [5, 5.41) is 13.5. The van der Waals surface area contributed by atoms with Crippen LogP contribution < -0.4 is 5.32 Å². The summed E-state index contributed by atoms with van der Waals surface area (Å²) in [5.74, 6) is 0.850. The summed E-state index contributed by atoms with van der Waals surface area (Å²) in [6.45, 7) is 8.44. The van der Waals surface area contributed by atoms with Crippen LogP contribution in [0.25, 0.3) is 0 Å². The van der Waals surface area contributed by atoms with Crippen LogP contribution in [0.4, 0.5) is 0 Å². The number of hydrogen-bond acceptors (Lipinski definition) is 3. The first kappa shape index (κ1) is 15.3. The van der Waals surface area contributed by atoms with Gasteiger partial charge in [0.15, 0.2) is 0 Å². The van der Waals surface area contributed by atoms with Crippen LogP contribution in [-0.2, 0) is 0 Å². The van der Waals surface area contributed by atoms with Gasteiger partial charge in [-0.25, -0.2) is 0 Å². The standard InChI is InChI=1S/C16H32N2O/c1-3-9-17-16(13-19)8-4-7-15(11-16)18-10-5-6-14(2)12-18/h14-15,17,19H,3-13H2,1-2H3.